The number of rotatable bonds is 3. The molecule has 0 radical (unpaired) electrons. The van der Waals surface area contributed by atoms with Crippen molar-refractivity contribution in [3.63, 3.8) is 0 Å². The summed E-state index contributed by atoms with van der Waals surface area (Å²) >= 11 is 3.22. The first-order valence-corrected chi connectivity index (χ1v) is 6.61. The topological polar surface area (TPSA) is 47.0 Å². The number of hydrogen-bond acceptors (Lipinski definition) is 3. The van der Waals surface area contributed by atoms with Gasteiger partial charge in [-0.1, -0.05) is 22.9 Å². The number of hydrogen-bond donors (Lipinski definition) is 0. The zero-order valence-corrected chi connectivity index (χ0v) is 9.60. The van der Waals surface area contributed by atoms with E-state index in [1.54, 1.807) is 13.0 Å². The Kier molecular flexibility index (Phi) is 3.44. The van der Waals surface area contributed by atoms with Crippen LogP contribution in [0.15, 0.2) is 23.2 Å². The highest BCUT2D eigenvalue weighted by Gasteiger charge is 2.11. The Morgan fingerprint density at radius 1 is 1.54 bits per heavy atom. The van der Waals surface area contributed by atoms with Crippen LogP contribution in [0.5, 0.6) is 0 Å². The molecule has 0 fully saturated rings. The number of aromatic nitrogens is 1. The van der Waals surface area contributed by atoms with E-state index >= 15 is 0 Å². The zero-order valence-electron chi connectivity index (χ0n) is 7.20. The SMILES string of the molecule is CCS(=O)(=O)c1ccnc(CBr)c1. The third kappa shape index (κ3) is 2.51. The second kappa shape index (κ2) is 4.19. The molecule has 0 aliphatic heterocycles. The molecule has 1 aromatic rings. The van der Waals surface area contributed by atoms with Crippen molar-refractivity contribution in [1.82, 2.24) is 4.98 Å². The number of halogens is 1. The second-order valence-corrected chi connectivity index (χ2v) is 5.36. The van der Waals surface area contributed by atoms with Gasteiger partial charge in [-0.15, -0.1) is 0 Å². The lowest BCUT2D eigenvalue weighted by Crippen LogP contribution is -2.04. The van der Waals surface area contributed by atoms with E-state index in [1.807, 2.05) is 0 Å². The summed E-state index contributed by atoms with van der Waals surface area (Å²) in [6.07, 6.45) is 1.51. The number of pyridine rings is 1. The predicted octanol–water partition coefficient (Wildman–Crippen LogP) is 1.77. The summed E-state index contributed by atoms with van der Waals surface area (Å²) in [6, 6.07) is 3.11. The van der Waals surface area contributed by atoms with E-state index in [9.17, 15) is 8.42 Å². The largest absolute Gasteiger partial charge is 0.260 e. The minimum Gasteiger partial charge on any atom is -0.260 e. The monoisotopic (exact) mass is 263 g/mol. The average molecular weight is 264 g/mol. The van der Waals surface area contributed by atoms with Crippen molar-refractivity contribution in [2.24, 2.45) is 0 Å². The third-order valence-corrected chi connectivity index (χ3v) is 3.97. The Balaban J connectivity index is 3.17. The molecule has 1 rings (SSSR count). The zero-order chi connectivity index (χ0) is 9.90. The highest BCUT2D eigenvalue weighted by molar-refractivity contribution is 9.08. The molecule has 13 heavy (non-hydrogen) atoms. The number of nitrogens with zero attached hydrogens (tertiary/aromatic N) is 1. The van der Waals surface area contributed by atoms with E-state index in [0.29, 0.717) is 10.2 Å². The van der Waals surface area contributed by atoms with E-state index in [4.69, 9.17) is 0 Å². The minimum absolute atomic E-state index is 0.124. The fourth-order valence-corrected chi connectivity index (χ4v) is 2.11. The Labute approximate surface area is 86.2 Å². The normalized spacial score (nSPS) is 11.5. The van der Waals surface area contributed by atoms with Gasteiger partial charge in [-0.05, 0) is 12.1 Å². The summed E-state index contributed by atoms with van der Waals surface area (Å²) in [6.45, 7) is 1.63. The summed E-state index contributed by atoms with van der Waals surface area (Å²) < 4.78 is 22.9. The molecule has 0 saturated carbocycles. The van der Waals surface area contributed by atoms with Crippen LogP contribution >= 0.6 is 15.9 Å². The Morgan fingerprint density at radius 3 is 2.77 bits per heavy atom. The molecule has 0 aliphatic carbocycles. The first-order chi connectivity index (χ1) is 6.10. The second-order valence-electron chi connectivity index (χ2n) is 2.52. The van der Waals surface area contributed by atoms with Crippen LogP contribution in [0.2, 0.25) is 0 Å². The van der Waals surface area contributed by atoms with Gasteiger partial charge < -0.3 is 0 Å². The van der Waals surface area contributed by atoms with Gasteiger partial charge in [-0.3, -0.25) is 4.98 Å². The molecule has 0 unspecified atom stereocenters. The lowest BCUT2D eigenvalue weighted by atomic mass is 10.4. The average Bonchev–Trinajstić information content (AvgIpc) is 2.18. The molecule has 0 aromatic carbocycles. The molecular weight excluding hydrogens is 254 g/mol. The van der Waals surface area contributed by atoms with Crippen molar-refractivity contribution in [3.05, 3.63) is 24.0 Å². The molecular formula is C8H10BrNO2S. The van der Waals surface area contributed by atoms with Crippen molar-refractivity contribution in [2.45, 2.75) is 17.1 Å². The van der Waals surface area contributed by atoms with E-state index in [0.717, 1.165) is 5.69 Å². The quantitative estimate of drug-likeness (QED) is 0.782. The molecule has 0 N–H and O–H groups in total. The summed E-state index contributed by atoms with van der Waals surface area (Å²) in [7, 11) is -3.09. The van der Waals surface area contributed by atoms with Crippen LogP contribution in [0.3, 0.4) is 0 Å². The fraction of sp³-hybridized carbons (Fsp3) is 0.375. The smallest absolute Gasteiger partial charge is 0.178 e. The van der Waals surface area contributed by atoms with Crippen LogP contribution in [-0.4, -0.2) is 19.2 Å². The number of sulfone groups is 1. The summed E-state index contributed by atoms with van der Waals surface area (Å²) in [5.41, 5.74) is 0.731. The molecule has 1 heterocycles. The summed E-state index contributed by atoms with van der Waals surface area (Å²) in [5, 5.41) is 0.570. The number of alkyl halides is 1. The van der Waals surface area contributed by atoms with Crippen molar-refractivity contribution >= 4 is 25.8 Å². The fourth-order valence-electron chi connectivity index (χ4n) is 0.889. The van der Waals surface area contributed by atoms with E-state index in [-0.39, 0.29) is 5.75 Å². The van der Waals surface area contributed by atoms with Gasteiger partial charge in [0, 0.05) is 11.5 Å². The van der Waals surface area contributed by atoms with Gasteiger partial charge in [0.15, 0.2) is 9.84 Å². The minimum atomic E-state index is -3.09. The molecule has 1 aromatic heterocycles. The molecule has 0 amide bonds. The maximum absolute atomic E-state index is 11.4. The standard InChI is InChI=1S/C8H10BrNO2S/c1-2-13(11,12)8-3-4-10-7(5-8)6-9/h3-5H,2,6H2,1H3. The maximum atomic E-state index is 11.4. The van der Waals surface area contributed by atoms with Gasteiger partial charge in [0.05, 0.1) is 16.3 Å². The van der Waals surface area contributed by atoms with Gasteiger partial charge in [-0.25, -0.2) is 8.42 Å². The lowest BCUT2D eigenvalue weighted by Gasteiger charge is -2.01. The van der Waals surface area contributed by atoms with Crippen molar-refractivity contribution < 1.29 is 8.42 Å². The Bertz CT molecular complexity index is 389. The van der Waals surface area contributed by atoms with Crippen LogP contribution in [0.25, 0.3) is 0 Å². The molecule has 3 nitrogen and oxygen atoms in total. The molecule has 5 heteroatoms. The summed E-state index contributed by atoms with van der Waals surface area (Å²) in [5.74, 6) is 0.124. The molecule has 0 bridgehead atoms. The van der Waals surface area contributed by atoms with Crippen molar-refractivity contribution in [1.29, 1.82) is 0 Å². The Morgan fingerprint density at radius 2 is 2.23 bits per heavy atom. The predicted molar refractivity (Wildman–Crippen MR) is 54.6 cm³/mol. The van der Waals surface area contributed by atoms with Gasteiger partial charge in [0.25, 0.3) is 0 Å². The molecule has 0 spiro atoms. The van der Waals surface area contributed by atoms with Crippen LogP contribution in [0.1, 0.15) is 12.6 Å². The molecule has 72 valence electrons. The third-order valence-electron chi connectivity index (χ3n) is 1.66. The van der Waals surface area contributed by atoms with Crippen LogP contribution in [-0.2, 0) is 15.2 Å². The first-order valence-electron chi connectivity index (χ1n) is 3.84. The van der Waals surface area contributed by atoms with Gasteiger partial charge >= 0.3 is 0 Å². The lowest BCUT2D eigenvalue weighted by molar-refractivity contribution is 0.597. The van der Waals surface area contributed by atoms with E-state index < -0.39 is 9.84 Å². The van der Waals surface area contributed by atoms with E-state index in [1.165, 1.54) is 12.3 Å². The van der Waals surface area contributed by atoms with Gasteiger partial charge in [-0.2, -0.15) is 0 Å². The molecule has 0 aliphatic rings. The van der Waals surface area contributed by atoms with E-state index in [2.05, 4.69) is 20.9 Å². The van der Waals surface area contributed by atoms with Crippen LogP contribution in [0.4, 0.5) is 0 Å². The molecule has 0 saturated heterocycles. The van der Waals surface area contributed by atoms with Crippen LogP contribution < -0.4 is 0 Å². The van der Waals surface area contributed by atoms with Crippen LogP contribution in [0, 0.1) is 0 Å². The Hall–Kier alpha value is -0.420. The van der Waals surface area contributed by atoms with Crippen molar-refractivity contribution in [2.75, 3.05) is 5.75 Å². The highest BCUT2D eigenvalue weighted by atomic mass is 79.9. The van der Waals surface area contributed by atoms with Gasteiger partial charge in [0.1, 0.15) is 0 Å². The van der Waals surface area contributed by atoms with Gasteiger partial charge in [0.2, 0.25) is 0 Å². The first kappa shape index (κ1) is 10.7. The maximum Gasteiger partial charge on any atom is 0.178 e. The molecule has 0 atom stereocenters. The highest BCUT2D eigenvalue weighted by Crippen LogP contribution is 2.12. The summed E-state index contributed by atoms with van der Waals surface area (Å²) in [4.78, 5) is 4.34. The van der Waals surface area contributed by atoms with Crippen molar-refractivity contribution in [3.8, 4) is 0 Å².